The van der Waals surface area contributed by atoms with E-state index in [0.29, 0.717) is 51.5 Å². The SMILES string of the molecule is COc1ccc(NC(=O)c2ccc(-n3nnnc3[C@H]3c4c(cc5c(c4OC)OCO5)CCN3C)cc2)c(OC)c1. The number of ether oxygens (including phenoxy) is 5. The number of methoxy groups -OCH3 is 3. The summed E-state index contributed by atoms with van der Waals surface area (Å²) >= 11 is 0. The molecule has 1 amide bonds. The minimum atomic E-state index is -0.297. The summed E-state index contributed by atoms with van der Waals surface area (Å²) < 4.78 is 29.5. The van der Waals surface area contributed by atoms with Crippen LogP contribution in [-0.2, 0) is 6.42 Å². The van der Waals surface area contributed by atoms with Crippen molar-refractivity contribution in [3.63, 3.8) is 0 Å². The molecule has 40 heavy (non-hydrogen) atoms. The van der Waals surface area contributed by atoms with Crippen LogP contribution in [0.3, 0.4) is 0 Å². The van der Waals surface area contributed by atoms with Crippen LogP contribution in [0.15, 0.2) is 48.5 Å². The molecule has 0 saturated heterocycles. The van der Waals surface area contributed by atoms with Crippen LogP contribution in [0.1, 0.15) is 33.4 Å². The van der Waals surface area contributed by atoms with Gasteiger partial charge in [-0.2, -0.15) is 4.68 Å². The van der Waals surface area contributed by atoms with E-state index in [1.165, 1.54) is 7.11 Å². The van der Waals surface area contributed by atoms with Gasteiger partial charge in [0.05, 0.1) is 32.7 Å². The molecule has 6 rings (SSSR count). The second-order valence-corrected chi connectivity index (χ2v) is 9.37. The standard InChI is InChI=1S/C28H28N6O6/c1-33-12-11-17-13-22-25(40-15-39-22)26(38-4)23(17)24(33)27-30-31-32-34(27)18-7-5-16(6-8-18)28(35)29-20-10-9-19(36-2)14-21(20)37-3/h5-10,13-14,24H,11-12,15H2,1-4H3,(H,29,35)/t24-/m1/s1. The normalized spacial score (nSPS) is 15.8. The van der Waals surface area contributed by atoms with Crippen molar-refractivity contribution < 1.29 is 28.5 Å². The Bertz CT molecular complexity index is 1570. The van der Waals surface area contributed by atoms with Crippen molar-refractivity contribution in [3.05, 3.63) is 71.0 Å². The number of carbonyl (C=O) groups excluding carboxylic acids is 1. The van der Waals surface area contributed by atoms with Crippen molar-refractivity contribution in [2.24, 2.45) is 0 Å². The van der Waals surface area contributed by atoms with Crippen molar-refractivity contribution in [2.75, 3.05) is 47.0 Å². The highest BCUT2D eigenvalue weighted by molar-refractivity contribution is 6.05. The van der Waals surface area contributed by atoms with Crippen LogP contribution in [0.4, 0.5) is 5.69 Å². The summed E-state index contributed by atoms with van der Waals surface area (Å²) in [7, 11) is 6.76. The second-order valence-electron chi connectivity index (χ2n) is 9.37. The number of benzene rings is 3. The van der Waals surface area contributed by atoms with Crippen molar-refractivity contribution >= 4 is 11.6 Å². The fourth-order valence-electron chi connectivity index (χ4n) is 5.16. The lowest BCUT2D eigenvalue weighted by atomic mass is 9.90. The minimum absolute atomic E-state index is 0.151. The van der Waals surface area contributed by atoms with Crippen LogP contribution >= 0.6 is 0 Å². The first-order valence-corrected chi connectivity index (χ1v) is 12.6. The van der Waals surface area contributed by atoms with Crippen LogP contribution in [0.25, 0.3) is 5.69 Å². The van der Waals surface area contributed by atoms with Gasteiger partial charge in [0.2, 0.25) is 12.5 Å². The summed E-state index contributed by atoms with van der Waals surface area (Å²) in [5.74, 6) is 3.35. The molecule has 206 valence electrons. The lowest BCUT2D eigenvalue weighted by Gasteiger charge is -2.34. The number of nitrogens with one attached hydrogen (secondary N) is 1. The van der Waals surface area contributed by atoms with Crippen LogP contribution < -0.4 is 29.0 Å². The Hall–Kier alpha value is -4.84. The lowest BCUT2D eigenvalue weighted by molar-refractivity contribution is 0.102. The molecule has 2 aliphatic rings. The molecule has 1 aromatic heterocycles. The van der Waals surface area contributed by atoms with Crippen LogP contribution in [0.5, 0.6) is 28.7 Å². The van der Waals surface area contributed by atoms with Crippen LogP contribution in [-0.4, -0.2) is 72.7 Å². The third-order valence-electron chi connectivity index (χ3n) is 7.16. The first kappa shape index (κ1) is 25.4. The number of rotatable bonds is 7. The number of aromatic nitrogens is 4. The third kappa shape index (κ3) is 4.31. The monoisotopic (exact) mass is 544 g/mol. The number of hydrogen-bond acceptors (Lipinski definition) is 10. The van der Waals surface area contributed by atoms with Gasteiger partial charge < -0.3 is 29.0 Å². The first-order chi connectivity index (χ1) is 19.5. The highest BCUT2D eigenvalue weighted by Crippen LogP contribution is 2.50. The van der Waals surface area contributed by atoms with E-state index >= 15 is 0 Å². The van der Waals surface area contributed by atoms with Gasteiger partial charge in [-0.15, -0.1) is 5.10 Å². The number of fused-ring (bicyclic) bond motifs is 2. The summed E-state index contributed by atoms with van der Waals surface area (Å²) in [6, 6.07) is 14.0. The second kappa shape index (κ2) is 10.4. The molecule has 3 aromatic carbocycles. The van der Waals surface area contributed by atoms with E-state index in [9.17, 15) is 4.79 Å². The summed E-state index contributed by atoms with van der Waals surface area (Å²) in [6.45, 7) is 0.944. The van der Waals surface area contributed by atoms with Crippen molar-refractivity contribution in [1.82, 2.24) is 25.1 Å². The predicted octanol–water partition coefficient (Wildman–Crippen LogP) is 3.25. The Morgan fingerprint density at radius 1 is 1.02 bits per heavy atom. The van der Waals surface area contributed by atoms with E-state index in [1.54, 1.807) is 61.4 Å². The summed E-state index contributed by atoms with van der Waals surface area (Å²) in [6.07, 6.45) is 0.819. The van der Waals surface area contributed by atoms with E-state index in [4.69, 9.17) is 23.7 Å². The molecule has 0 radical (unpaired) electrons. The minimum Gasteiger partial charge on any atom is -0.497 e. The Balaban J connectivity index is 1.30. The first-order valence-electron chi connectivity index (χ1n) is 12.6. The topological polar surface area (TPSA) is 122 Å². The van der Waals surface area contributed by atoms with Gasteiger partial charge in [-0.1, -0.05) is 0 Å². The Labute approximate surface area is 230 Å². The summed E-state index contributed by atoms with van der Waals surface area (Å²) in [5.41, 5.74) is 3.75. The van der Waals surface area contributed by atoms with Crippen molar-refractivity contribution in [1.29, 1.82) is 0 Å². The van der Waals surface area contributed by atoms with Gasteiger partial charge in [0.1, 0.15) is 17.5 Å². The van der Waals surface area contributed by atoms with Crippen LogP contribution in [0.2, 0.25) is 0 Å². The molecule has 3 heterocycles. The zero-order valence-corrected chi connectivity index (χ0v) is 22.5. The van der Waals surface area contributed by atoms with E-state index in [0.717, 1.165) is 24.1 Å². The molecule has 1 atom stereocenters. The van der Waals surface area contributed by atoms with E-state index in [-0.39, 0.29) is 18.7 Å². The molecule has 0 aliphatic carbocycles. The maximum absolute atomic E-state index is 13.0. The highest BCUT2D eigenvalue weighted by atomic mass is 16.7. The third-order valence-corrected chi connectivity index (χ3v) is 7.16. The van der Waals surface area contributed by atoms with Crippen molar-refractivity contribution in [3.8, 4) is 34.4 Å². The number of likely N-dealkylation sites (N-methyl/N-ethyl adjacent to an activating group) is 1. The smallest absolute Gasteiger partial charge is 0.255 e. The largest absolute Gasteiger partial charge is 0.497 e. The maximum atomic E-state index is 13.0. The molecule has 0 bridgehead atoms. The number of anilines is 1. The molecular formula is C28H28N6O6. The van der Waals surface area contributed by atoms with Gasteiger partial charge in [-0.25, -0.2) is 0 Å². The van der Waals surface area contributed by atoms with Crippen LogP contribution in [0, 0.1) is 0 Å². The molecule has 0 unspecified atom stereocenters. The zero-order valence-electron chi connectivity index (χ0n) is 22.5. The van der Waals surface area contributed by atoms with Gasteiger partial charge in [0.25, 0.3) is 5.91 Å². The average molecular weight is 545 g/mol. The molecule has 12 nitrogen and oxygen atoms in total. The molecule has 4 aromatic rings. The molecule has 12 heteroatoms. The van der Waals surface area contributed by atoms with Gasteiger partial charge >= 0.3 is 0 Å². The van der Waals surface area contributed by atoms with Gasteiger partial charge in [0, 0.05) is 23.7 Å². The number of hydrogen-bond donors (Lipinski definition) is 1. The number of amides is 1. The average Bonchev–Trinajstić information content (AvgIpc) is 3.66. The predicted molar refractivity (Wildman–Crippen MR) is 144 cm³/mol. The van der Waals surface area contributed by atoms with Crippen molar-refractivity contribution in [2.45, 2.75) is 12.5 Å². The molecule has 0 saturated carbocycles. The van der Waals surface area contributed by atoms with E-state index in [1.807, 2.05) is 13.1 Å². The molecule has 2 aliphatic heterocycles. The fraction of sp³-hybridized carbons (Fsp3) is 0.286. The van der Waals surface area contributed by atoms with Gasteiger partial charge in [0.15, 0.2) is 17.3 Å². The fourth-order valence-corrected chi connectivity index (χ4v) is 5.16. The Morgan fingerprint density at radius 2 is 1.85 bits per heavy atom. The number of nitrogens with zero attached hydrogens (tertiary/aromatic N) is 5. The lowest BCUT2D eigenvalue weighted by Crippen LogP contribution is -2.35. The Kier molecular flexibility index (Phi) is 6.60. The molecule has 1 N–H and O–H groups in total. The zero-order chi connectivity index (χ0) is 27.8. The quantitative estimate of drug-likeness (QED) is 0.371. The summed E-state index contributed by atoms with van der Waals surface area (Å²) in [4.78, 5) is 15.2. The van der Waals surface area contributed by atoms with E-state index < -0.39 is 0 Å². The molecular weight excluding hydrogens is 516 g/mol. The van der Waals surface area contributed by atoms with Gasteiger partial charge in [-0.05, 0) is 71.9 Å². The molecule has 0 fully saturated rings. The highest BCUT2D eigenvalue weighted by Gasteiger charge is 2.37. The Morgan fingerprint density at radius 3 is 2.60 bits per heavy atom. The number of tetrazole rings is 1. The molecule has 0 spiro atoms. The number of carbonyl (C=O) groups is 1. The summed E-state index contributed by atoms with van der Waals surface area (Å²) in [5, 5.41) is 15.6. The van der Waals surface area contributed by atoms with E-state index in [2.05, 4.69) is 25.7 Å². The maximum Gasteiger partial charge on any atom is 0.255 e. The van der Waals surface area contributed by atoms with Gasteiger partial charge in [-0.3, -0.25) is 9.69 Å².